The Labute approximate surface area is 154 Å². The van der Waals surface area contributed by atoms with Crippen molar-refractivity contribution >= 4 is 27.1 Å². The molecule has 0 radical (unpaired) electrons. The van der Waals surface area contributed by atoms with Crippen molar-refractivity contribution in [3.05, 3.63) is 54.1 Å². The predicted molar refractivity (Wildman–Crippen MR) is 104 cm³/mol. The molecule has 1 fully saturated rings. The van der Waals surface area contributed by atoms with Crippen molar-refractivity contribution in [1.82, 2.24) is 0 Å². The Morgan fingerprint density at radius 3 is 2.12 bits per heavy atom. The van der Waals surface area contributed by atoms with Crippen molar-refractivity contribution in [2.24, 2.45) is 5.92 Å². The molecule has 6 heteroatoms. The number of anilines is 2. The molecule has 2 aromatic rings. The molecular weight excluding hydrogens is 348 g/mol. The second-order valence-corrected chi connectivity index (χ2v) is 8.88. The van der Waals surface area contributed by atoms with Gasteiger partial charge in [0, 0.05) is 29.7 Å². The molecule has 138 valence electrons. The van der Waals surface area contributed by atoms with Crippen LogP contribution in [0.1, 0.15) is 36.0 Å². The first-order valence-electron chi connectivity index (χ1n) is 8.87. The summed E-state index contributed by atoms with van der Waals surface area (Å²) in [5.41, 5.74) is 2.17. The molecule has 2 aromatic carbocycles. The van der Waals surface area contributed by atoms with Gasteiger partial charge in [-0.1, -0.05) is 12.8 Å². The Morgan fingerprint density at radius 1 is 0.962 bits per heavy atom. The van der Waals surface area contributed by atoms with E-state index >= 15 is 0 Å². The van der Waals surface area contributed by atoms with Crippen LogP contribution in [-0.2, 0) is 9.84 Å². The van der Waals surface area contributed by atoms with E-state index in [2.05, 4.69) is 10.6 Å². The molecule has 5 nitrogen and oxygen atoms in total. The van der Waals surface area contributed by atoms with Crippen LogP contribution in [-0.4, -0.2) is 27.1 Å². The van der Waals surface area contributed by atoms with Gasteiger partial charge in [-0.15, -0.1) is 0 Å². The van der Waals surface area contributed by atoms with E-state index < -0.39 is 9.84 Å². The van der Waals surface area contributed by atoms with Crippen molar-refractivity contribution in [3.63, 3.8) is 0 Å². The molecule has 0 unspecified atom stereocenters. The van der Waals surface area contributed by atoms with E-state index in [9.17, 15) is 13.2 Å². The summed E-state index contributed by atoms with van der Waals surface area (Å²) < 4.78 is 22.9. The third-order valence-corrected chi connectivity index (χ3v) is 5.89. The molecule has 1 amide bonds. The lowest BCUT2D eigenvalue weighted by atomic mass is 10.1. The van der Waals surface area contributed by atoms with Crippen LogP contribution in [0.25, 0.3) is 0 Å². The second-order valence-electron chi connectivity index (χ2n) is 6.86. The first kappa shape index (κ1) is 18.5. The normalized spacial score (nSPS) is 15.0. The number of hydrogen-bond acceptors (Lipinski definition) is 4. The van der Waals surface area contributed by atoms with Gasteiger partial charge in [-0.3, -0.25) is 4.79 Å². The average molecular weight is 372 g/mol. The Kier molecular flexibility index (Phi) is 5.61. The zero-order chi connectivity index (χ0) is 18.6. The molecule has 26 heavy (non-hydrogen) atoms. The van der Waals surface area contributed by atoms with E-state index in [0.29, 0.717) is 11.3 Å². The van der Waals surface area contributed by atoms with Crippen LogP contribution >= 0.6 is 0 Å². The quantitative estimate of drug-likeness (QED) is 0.805. The number of carbonyl (C=O) groups excluding carboxylic acids is 1. The highest BCUT2D eigenvalue weighted by Crippen LogP contribution is 2.25. The maximum atomic E-state index is 12.3. The molecular formula is C20H24N2O3S. The summed E-state index contributed by atoms with van der Waals surface area (Å²) in [6.07, 6.45) is 6.42. The molecule has 0 saturated heterocycles. The van der Waals surface area contributed by atoms with Gasteiger partial charge >= 0.3 is 0 Å². The average Bonchev–Trinajstić information content (AvgIpc) is 3.14. The highest BCUT2D eigenvalue weighted by molar-refractivity contribution is 7.90. The molecule has 0 aromatic heterocycles. The monoisotopic (exact) mass is 372 g/mol. The number of benzene rings is 2. The predicted octanol–water partition coefficient (Wildman–Crippen LogP) is 3.94. The van der Waals surface area contributed by atoms with Gasteiger partial charge in [0.15, 0.2) is 9.84 Å². The maximum Gasteiger partial charge on any atom is 0.255 e. The Hall–Kier alpha value is -2.34. The van der Waals surface area contributed by atoms with E-state index in [1.165, 1.54) is 49.9 Å². The SMILES string of the molecule is CS(=O)(=O)c1ccc(C(=O)Nc2ccc(NCC3CCCC3)cc2)cc1. The molecule has 1 saturated carbocycles. The minimum Gasteiger partial charge on any atom is -0.385 e. The fourth-order valence-electron chi connectivity index (χ4n) is 3.20. The number of hydrogen-bond donors (Lipinski definition) is 2. The van der Waals surface area contributed by atoms with E-state index in [0.717, 1.165) is 24.4 Å². The number of sulfone groups is 1. The summed E-state index contributed by atoms with van der Waals surface area (Å²) in [6, 6.07) is 13.6. The highest BCUT2D eigenvalue weighted by atomic mass is 32.2. The van der Waals surface area contributed by atoms with Gasteiger partial charge in [0.25, 0.3) is 5.91 Å². The molecule has 0 aliphatic heterocycles. The van der Waals surface area contributed by atoms with Gasteiger partial charge in [0.05, 0.1) is 4.90 Å². The molecule has 0 spiro atoms. The fraction of sp³-hybridized carbons (Fsp3) is 0.350. The number of nitrogens with one attached hydrogen (secondary N) is 2. The molecule has 3 rings (SSSR count). The van der Waals surface area contributed by atoms with E-state index in [1.807, 2.05) is 24.3 Å². The van der Waals surface area contributed by atoms with Gasteiger partial charge in [-0.2, -0.15) is 0 Å². The fourth-order valence-corrected chi connectivity index (χ4v) is 3.84. The molecule has 0 heterocycles. The van der Waals surface area contributed by atoms with Crippen LogP contribution in [0.15, 0.2) is 53.4 Å². The first-order valence-corrected chi connectivity index (χ1v) is 10.8. The van der Waals surface area contributed by atoms with Gasteiger partial charge in [-0.25, -0.2) is 8.42 Å². The van der Waals surface area contributed by atoms with Gasteiger partial charge < -0.3 is 10.6 Å². The van der Waals surface area contributed by atoms with Crippen molar-refractivity contribution in [3.8, 4) is 0 Å². The third-order valence-electron chi connectivity index (χ3n) is 4.76. The summed E-state index contributed by atoms with van der Waals surface area (Å²) in [5.74, 6) is 0.501. The number of rotatable bonds is 6. The lowest BCUT2D eigenvalue weighted by Crippen LogP contribution is -2.13. The smallest absolute Gasteiger partial charge is 0.255 e. The topological polar surface area (TPSA) is 75.3 Å². The van der Waals surface area contributed by atoms with Crippen LogP contribution in [0.3, 0.4) is 0 Å². The molecule has 2 N–H and O–H groups in total. The van der Waals surface area contributed by atoms with E-state index in [-0.39, 0.29) is 10.8 Å². The lowest BCUT2D eigenvalue weighted by molar-refractivity contribution is 0.102. The Balaban J connectivity index is 1.57. The van der Waals surface area contributed by atoms with Crippen LogP contribution in [0.4, 0.5) is 11.4 Å². The van der Waals surface area contributed by atoms with Crippen molar-refractivity contribution in [2.75, 3.05) is 23.4 Å². The number of amides is 1. The largest absolute Gasteiger partial charge is 0.385 e. The minimum absolute atomic E-state index is 0.201. The van der Waals surface area contributed by atoms with Crippen LogP contribution in [0, 0.1) is 5.92 Å². The molecule has 0 atom stereocenters. The lowest BCUT2D eigenvalue weighted by Gasteiger charge is -2.12. The summed E-state index contributed by atoms with van der Waals surface area (Å²) in [4.78, 5) is 12.5. The van der Waals surface area contributed by atoms with Crippen molar-refractivity contribution in [2.45, 2.75) is 30.6 Å². The standard InChI is InChI=1S/C20H24N2O3S/c1-26(24,25)19-12-6-16(7-13-19)20(23)22-18-10-8-17(9-11-18)21-14-15-4-2-3-5-15/h6-13,15,21H,2-5,14H2,1H3,(H,22,23). The van der Waals surface area contributed by atoms with Crippen LogP contribution < -0.4 is 10.6 Å². The summed E-state index contributed by atoms with van der Waals surface area (Å²) in [5, 5.41) is 6.27. The van der Waals surface area contributed by atoms with Gasteiger partial charge in [-0.05, 0) is 67.3 Å². The van der Waals surface area contributed by atoms with E-state index in [1.54, 1.807) is 0 Å². The number of carbonyl (C=O) groups is 1. The Bertz CT molecular complexity index is 853. The van der Waals surface area contributed by atoms with Crippen LogP contribution in [0.2, 0.25) is 0 Å². The van der Waals surface area contributed by atoms with Crippen molar-refractivity contribution < 1.29 is 13.2 Å². The first-order chi connectivity index (χ1) is 12.4. The molecule has 0 bridgehead atoms. The van der Waals surface area contributed by atoms with Crippen molar-refractivity contribution in [1.29, 1.82) is 0 Å². The van der Waals surface area contributed by atoms with Gasteiger partial charge in [0.2, 0.25) is 0 Å². The summed E-state index contributed by atoms with van der Waals surface area (Å²) in [6.45, 7) is 0.998. The molecule has 1 aliphatic carbocycles. The van der Waals surface area contributed by atoms with Gasteiger partial charge in [0.1, 0.15) is 0 Å². The third kappa shape index (κ3) is 4.85. The van der Waals surface area contributed by atoms with Crippen LogP contribution in [0.5, 0.6) is 0 Å². The zero-order valence-electron chi connectivity index (χ0n) is 14.9. The summed E-state index contributed by atoms with van der Waals surface area (Å²) in [7, 11) is -3.26. The Morgan fingerprint density at radius 2 is 1.54 bits per heavy atom. The van der Waals surface area contributed by atoms with E-state index in [4.69, 9.17) is 0 Å². The summed E-state index contributed by atoms with van der Waals surface area (Å²) >= 11 is 0. The highest BCUT2D eigenvalue weighted by Gasteiger charge is 2.14. The zero-order valence-corrected chi connectivity index (χ0v) is 15.7. The maximum absolute atomic E-state index is 12.3. The minimum atomic E-state index is -3.26. The molecule has 1 aliphatic rings. The second kappa shape index (κ2) is 7.91.